The first kappa shape index (κ1) is 20.3. The molecule has 1 aliphatic rings. The van der Waals surface area contributed by atoms with Crippen LogP contribution in [0.15, 0.2) is 73.1 Å². The number of nitrogens with zero attached hydrogens (tertiary/aromatic N) is 2. The van der Waals surface area contributed by atoms with Gasteiger partial charge >= 0.3 is 0 Å². The number of nitrogens with two attached hydrogens (primary N) is 1. The predicted octanol–water partition coefficient (Wildman–Crippen LogP) is 4.11. The molecule has 146 valence electrons. The Bertz CT molecular complexity index is 889. The predicted molar refractivity (Wildman–Crippen MR) is 116 cm³/mol. The van der Waals surface area contributed by atoms with E-state index in [2.05, 4.69) is 58.4 Å². The summed E-state index contributed by atoms with van der Waals surface area (Å²) in [5, 5.41) is 0. The summed E-state index contributed by atoms with van der Waals surface area (Å²) < 4.78 is 5.61. The molecular weight excluding hydrogens is 370 g/mol. The van der Waals surface area contributed by atoms with Crippen LogP contribution >= 0.6 is 12.4 Å². The molecule has 2 aromatic carbocycles. The fourth-order valence-corrected chi connectivity index (χ4v) is 3.96. The SMILES string of the molecule is COc1ccc(-c2ccncc2)cc1CN1C[C@@H](N)[C@H](c2ccccc2)C1.Cl. The van der Waals surface area contributed by atoms with Crippen LogP contribution in [-0.2, 0) is 6.54 Å². The van der Waals surface area contributed by atoms with Crippen LogP contribution in [0.1, 0.15) is 17.0 Å². The third-order valence-electron chi connectivity index (χ3n) is 5.36. The fraction of sp³-hybridized carbons (Fsp3) is 0.261. The summed E-state index contributed by atoms with van der Waals surface area (Å²) in [6.07, 6.45) is 3.65. The molecule has 4 nitrogen and oxygen atoms in total. The van der Waals surface area contributed by atoms with Crippen molar-refractivity contribution in [1.29, 1.82) is 0 Å². The first-order valence-corrected chi connectivity index (χ1v) is 9.35. The third-order valence-corrected chi connectivity index (χ3v) is 5.36. The van der Waals surface area contributed by atoms with Crippen molar-refractivity contribution in [3.63, 3.8) is 0 Å². The standard InChI is InChI=1S/C23H25N3O.ClH/c1-27-23-8-7-19(17-9-11-25-12-10-17)13-20(23)14-26-15-21(22(24)16-26)18-5-3-2-4-6-18;/h2-13,21-22H,14-16,24H2,1H3;1H/t21-,22+;/m0./s1. The van der Waals surface area contributed by atoms with Crippen molar-refractivity contribution in [1.82, 2.24) is 9.88 Å². The molecule has 5 heteroatoms. The van der Waals surface area contributed by atoms with Crippen LogP contribution in [0.4, 0.5) is 0 Å². The number of hydrogen-bond acceptors (Lipinski definition) is 4. The van der Waals surface area contributed by atoms with Crippen LogP contribution in [0.2, 0.25) is 0 Å². The molecular formula is C23H26ClN3O. The van der Waals surface area contributed by atoms with Gasteiger partial charge in [0.2, 0.25) is 0 Å². The average molecular weight is 396 g/mol. The molecule has 0 bridgehead atoms. The highest BCUT2D eigenvalue weighted by molar-refractivity contribution is 5.85. The Kier molecular flexibility index (Phi) is 6.68. The second-order valence-electron chi connectivity index (χ2n) is 7.14. The van der Waals surface area contributed by atoms with Gasteiger partial charge in [-0.25, -0.2) is 0 Å². The zero-order chi connectivity index (χ0) is 18.6. The largest absolute Gasteiger partial charge is 0.496 e. The van der Waals surface area contributed by atoms with E-state index in [4.69, 9.17) is 10.5 Å². The number of aromatic nitrogens is 1. The molecule has 1 saturated heterocycles. The maximum atomic E-state index is 6.47. The minimum absolute atomic E-state index is 0. The maximum Gasteiger partial charge on any atom is 0.123 e. The number of methoxy groups -OCH3 is 1. The number of pyridine rings is 1. The Balaban J connectivity index is 0.00000225. The van der Waals surface area contributed by atoms with E-state index in [1.54, 1.807) is 7.11 Å². The minimum atomic E-state index is 0. The molecule has 0 aliphatic carbocycles. The Morgan fingerprint density at radius 3 is 2.46 bits per heavy atom. The van der Waals surface area contributed by atoms with Crippen LogP contribution in [0.3, 0.4) is 0 Å². The Morgan fingerprint density at radius 2 is 1.75 bits per heavy atom. The van der Waals surface area contributed by atoms with Crippen molar-refractivity contribution in [3.8, 4) is 16.9 Å². The monoisotopic (exact) mass is 395 g/mol. The van der Waals surface area contributed by atoms with Crippen molar-refractivity contribution < 1.29 is 4.74 Å². The molecule has 2 atom stereocenters. The van der Waals surface area contributed by atoms with E-state index in [1.165, 1.54) is 16.7 Å². The highest BCUT2D eigenvalue weighted by Crippen LogP contribution is 2.31. The molecule has 1 fully saturated rings. The number of rotatable bonds is 5. The molecule has 1 aromatic heterocycles. The van der Waals surface area contributed by atoms with Gasteiger partial charge in [0.1, 0.15) is 5.75 Å². The molecule has 4 rings (SSSR count). The lowest BCUT2D eigenvalue weighted by atomic mass is 9.95. The summed E-state index contributed by atoms with van der Waals surface area (Å²) in [6, 6.07) is 21.2. The van der Waals surface area contributed by atoms with Gasteiger partial charge < -0.3 is 10.5 Å². The zero-order valence-electron chi connectivity index (χ0n) is 16.0. The van der Waals surface area contributed by atoms with Crippen molar-refractivity contribution in [2.45, 2.75) is 18.5 Å². The van der Waals surface area contributed by atoms with E-state index in [0.717, 1.165) is 30.9 Å². The van der Waals surface area contributed by atoms with Gasteiger partial charge in [-0.15, -0.1) is 12.4 Å². The fourth-order valence-electron chi connectivity index (χ4n) is 3.96. The lowest BCUT2D eigenvalue weighted by Crippen LogP contribution is -2.28. The lowest BCUT2D eigenvalue weighted by molar-refractivity contribution is 0.314. The van der Waals surface area contributed by atoms with Crippen LogP contribution in [0, 0.1) is 0 Å². The van der Waals surface area contributed by atoms with E-state index >= 15 is 0 Å². The normalized spacial score (nSPS) is 19.2. The van der Waals surface area contributed by atoms with E-state index in [0.29, 0.717) is 5.92 Å². The summed E-state index contributed by atoms with van der Waals surface area (Å²) in [5.74, 6) is 1.30. The Hall–Kier alpha value is -2.40. The molecule has 0 spiro atoms. The summed E-state index contributed by atoms with van der Waals surface area (Å²) >= 11 is 0. The van der Waals surface area contributed by atoms with Gasteiger partial charge in [-0.2, -0.15) is 0 Å². The average Bonchev–Trinajstić information content (AvgIpc) is 3.09. The highest BCUT2D eigenvalue weighted by atomic mass is 35.5. The summed E-state index contributed by atoms with van der Waals surface area (Å²) in [7, 11) is 1.73. The molecule has 28 heavy (non-hydrogen) atoms. The summed E-state index contributed by atoms with van der Waals surface area (Å²) in [4.78, 5) is 6.54. The van der Waals surface area contributed by atoms with Gasteiger partial charge in [0.15, 0.2) is 0 Å². The maximum absolute atomic E-state index is 6.47. The third kappa shape index (κ3) is 4.36. The van der Waals surface area contributed by atoms with Gasteiger partial charge in [0.25, 0.3) is 0 Å². The summed E-state index contributed by atoms with van der Waals surface area (Å²) in [6.45, 7) is 2.69. The zero-order valence-corrected chi connectivity index (χ0v) is 16.8. The molecule has 0 amide bonds. The molecule has 0 saturated carbocycles. The summed E-state index contributed by atoms with van der Waals surface area (Å²) in [5.41, 5.74) is 11.3. The van der Waals surface area contributed by atoms with Gasteiger partial charge in [-0.05, 0) is 41.0 Å². The first-order valence-electron chi connectivity index (χ1n) is 9.35. The van der Waals surface area contributed by atoms with Crippen molar-refractivity contribution >= 4 is 12.4 Å². The Labute approximate surface area is 172 Å². The van der Waals surface area contributed by atoms with E-state index in [9.17, 15) is 0 Å². The van der Waals surface area contributed by atoms with E-state index in [-0.39, 0.29) is 18.4 Å². The van der Waals surface area contributed by atoms with Crippen LogP contribution in [-0.4, -0.2) is 36.1 Å². The highest BCUT2D eigenvalue weighted by Gasteiger charge is 2.31. The number of ether oxygens (including phenoxy) is 1. The van der Waals surface area contributed by atoms with Gasteiger partial charge in [0.05, 0.1) is 7.11 Å². The van der Waals surface area contributed by atoms with Crippen molar-refractivity contribution in [3.05, 3.63) is 84.2 Å². The van der Waals surface area contributed by atoms with Crippen molar-refractivity contribution in [2.75, 3.05) is 20.2 Å². The van der Waals surface area contributed by atoms with E-state index in [1.807, 2.05) is 24.5 Å². The van der Waals surface area contributed by atoms with Crippen molar-refractivity contribution in [2.24, 2.45) is 5.73 Å². The second-order valence-corrected chi connectivity index (χ2v) is 7.14. The van der Waals surface area contributed by atoms with E-state index < -0.39 is 0 Å². The first-order chi connectivity index (χ1) is 13.2. The topological polar surface area (TPSA) is 51.4 Å². The Morgan fingerprint density at radius 1 is 1.00 bits per heavy atom. The van der Waals surface area contributed by atoms with Gasteiger partial charge in [-0.3, -0.25) is 9.88 Å². The van der Waals surface area contributed by atoms with Crippen LogP contribution < -0.4 is 10.5 Å². The molecule has 0 radical (unpaired) electrons. The second kappa shape index (κ2) is 9.20. The number of hydrogen-bond donors (Lipinski definition) is 1. The smallest absolute Gasteiger partial charge is 0.123 e. The molecule has 3 aromatic rings. The van der Waals surface area contributed by atoms with Gasteiger partial charge in [-0.1, -0.05) is 36.4 Å². The molecule has 2 N–H and O–H groups in total. The lowest BCUT2D eigenvalue weighted by Gasteiger charge is -2.19. The number of likely N-dealkylation sites (tertiary alicyclic amines) is 1. The minimum Gasteiger partial charge on any atom is -0.496 e. The molecule has 1 aliphatic heterocycles. The van der Waals surface area contributed by atoms with Gasteiger partial charge in [0, 0.05) is 49.6 Å². The molecule has 0 unspecified atom stereocenters. The molecule has 2 heterocycles. The van der Waals surface area contributed by atoms with Crippen LogP contribution in [0.25, 0.3) is 11.1 Å². The van der Waals surface area contributed by atoms with Crippen LogP contribution in [0.5, 0.6) is 5.75 Å². The number of halogens is 1. The quantitative estimate of drug-likeness (QED) is 0.706. The number of benzene rings is 2.